The summed E-state index contributed by atoms with van der Waals surface area (Å²) in [5.74, 6) is -1.85. The minimum atomic E-state index is -0.955. The lowest BCUT2D eigenvalue weighted by atomic mass is 10.2. The Bertz CT molecular complexity index is 1480. The average molecular weight is 477 g/mol. The Labute approximate surface area is 196 Å². The number of aromatic amines is 1. The molecule has 5 rings (SSSR count). The van der Waals surface area contributed by atoms with Crippen LogP contribution in [-0.2, 0) is 13.1 Å². The zero-order valence-corrected chi connectivity index (χ0v) is 18.5. The lowest BCUT2D eigenvalue weighted by Gasteiger charge is -2.11. The smallest absolute Gasteiger partial charge is 0.255 e. The van der Waals surface area contributed by atoms with Crippen LogP contribution in [0.2, 0.25) is 0 Å². The quantitative estimate of drug-likeness (QED) is 0.311. The van der Waals surface area contributed by atoms with Gasteiger partial charge in [0.15, 0.2) is 11.6 Å². The highest BCUT2D eigenvalue weighted by molar-refractivity contribution is 7.15. The standard InChI is InChI=1S/C24H18F2N6OS/c25-19-6-5-14(9-20(19)26)10-31-23(33)17-4-2-8-28-22(17)29-11-15-12-32-24(34-15)18-13-30-21-16(18)3-1-7-27-21/h1-9,12-13H,10-11H2,(H,27,30)(H,28,29)(H,31,33). The predicted molar refractivity (Wildman–Crippen MR) is 126 cm³/mol. The molecule has 0 radical (unpaired) electrons. The molecule has 0 saturated heterocycles. The van der Waals surface area contributed by atoms with Crippen molar-refractivity contribution >= 4 is 34.1 Å². The number of halogens is 2. The molecule has 5 aromatic rings. The molecular formula is C24H18F2N6OS. The van der Waals surface area contributed by atoms with Crippen LogP contribution in [0.3, 0.4) is 0 Å². The molecule has 34 heavy (non-hydrogen) atoms. The van der Waals surface area contributed by atoms with Crippen LogP contribution >= 0.6 is 11.3 Å². The molecule has 0 aliphatic carbocycles. The van der Waals surface area contributed by atoms with E-state index in [2.05, 4.69) is 30.6 Å². The van der Waals surface area contributed by atoms with Gasteiger partial charge in [-0.1, -0.05) is 6.07 Å². The maximum Gasteiger partial charge on any atom is 0.255 e. The number of rotatable bonds is 7. The number of amides is 1. The second kappa shape index (κ2) is 9.36. The van der Waals surface area contributed by atoms with E-state index >= 15 is 0 Å². The van der Waals surface area contributed by atoms with Gasteiger partial charge in [0, 0.05) is 47.2 Å². The number of H-pyrrole nitrogens is 1. The lowest BCUT2D eigenvalue weighted by molar-refractivity contribution is 0.0951. The lowest BCUT2D eigenvalue weighted by Crippen LogP contribution is -2.24. The first-order valence-corrected chi connectivity index (χ1v) is 11.2. The number of hydrogen-bond acceptors (Lipinski definition) is 6. The molecule has 7 nitrogen and oxygen atoms in total. The molecule has 0 unspecified atom stereocenters. The van der Waals surface area contributed by atoms with E-state index < -0.39 is 11.6 Å². The number of nitrogens with zero attached hydrogens (tertiary/aromatic N) is 3. The monoisotopic (exact) mass is 476 g/mol. The van der Waals surface area contributed by atoms with E-state index in [1.54, 1.807) is 30.7 Å². The van der Waals surface area contributed by atoms with Gasteiger partial charge in [0.2, 0.25) is 0 Å². The molecule has 0 aliphatic rings. The van der Waals surface area contributed by atoms with E-state index in [0.717, 1.165) is 38.6 Å². The molecule has 170 valence electrons. The molecule has 0 saturated carbocycles. The summed E-state index contributed by atoms with van der Waals surface area (Å²) in [6.45, 7) is 0.487. The zero-order valence-electron chi connectivity index (χ0n) is 17.7. The molecule has 4 aromatic heterocycles. The van der Waals surface area contributed by atoms with Crippen molar-refractivity contribution in [3.8, 4) is 10.6 Å². The van der Waals surface area contributed by atoms with Crippen molar-refractivity contribution in [2.24, 2.45) is 0 Å². The van der Waals surface area contributed by atoms with Gasteiger partial charge in [-0.2, -0.15) is 0 Å². The summed E-state index contributed by atoms with van der Waals surface area (Å²) in [7, 11) is 0. The zero-order chi connectivity index (χ0) is 23.5. The fraction of sp³-hybridized carbons (Fsp3) is 0.0833. The van der Waals surface area contributed by atoms with Crippen LogP contribution in [0.1, 0.15) is 20.8 Å². The molecule has 0 spiro atoms. The fourth-order valence-electron chi connectivity index (χ4n) is 3.47. The first kappa shape index (κ1) is 21.7. The first-order chi connectivity index (χ1) is 16.6. The van der Waals surface area contributed by atoms with Gasteiger partial charge in [0.1, 0.15) is 16.5 Å². The molecule has 0 aliphatic heterocycles. The van der Waals surface area contributed by atoms with Crippen molar-refractivity contribution in [1.29, 1.82) is 0 Å². The Kier molecular flexibility index (Phi) is 5.96. The Morgan fingerprint density at radius 1 is 1.00 bits per heavy atom. The van der Waals surface area contributed by atoms with Crippen LogP contribution in [-0.4, -0.2) is 25.8 Å². The third kappa shape index (κ3) is 4.48. The Morgan fingerprint density at radius 3 is 2.74 bits per heavy atom. The summed E-state index contributed by atoms with van der Waals surface area (Å²) < 4.78 is 26.5. The normalized spacial score (nSPS) is 11.0. The predicted octanol–water partition coefficient (Wildman–Crippen LogP) is 4.90. The molecule has 1 amide bonds. The third-order valence-corrected chi connectivity index (χ3v) is 6.19. The molecule has 0 atom stereocenters. The van der Waals surface area contributed by atoms with Crippen molar-refractivity contribution in [2.75, 3.05) is 5.32 Å². The van der Waals surface area contributed by atoms with Crippen LogP contribution in [0.25, 0.3) is 21.6 Å². The SMILES string of the molecule is O=C(NCc1ccc(F)c(F)c1)c1cccnc1NCc1cnc(-c2c[nH]c3ncccc23)s1. The number of pyridine rings is 2. The van der Waals surface area contributed by atoms with Gasteiger partial charge in [0.05, 0.1) is 12.1 Å². The van der Waals surface area contributed by atoms with E-state index in [1.165, 1.54) is 17.4 Å². The van der Waals surface area contributed by atoms with Crippen molar-refractivity contribution in [3.63, 3.8) is 0 Å². The summed E-state index contributed by atoms with van der Waals surface area (Å²) in [4.78, 5) is 29.9. The van der Waals surface area contributed by atoms with Crippen LogP contribution in [0.4, 0.5) is 14.6 Å². The highest BCUT2D eigenvalue weighted by atomic mass is 32.1. The average Bonchev–Trinajstić information content (AvgIpc) is 3.50. The largest absolute Gasteiger partial charge is 0.364 e. The summed E-state index contributed by atoms with van der Waals surface area (Å²) in [5.41, 5.74) is 2.59. The molecule has 0 fully saturated rings. The minimum Gasteiger partial charge on any atom is -0.364 e. The Balaban J connectivity index is 1.26. The highest BCUT2D eigenvalue weighted by Crippen LogP contribution is 2.31. The number of fused-ring (bicyclic) bond motifs is 1. The number of aromatic nitrogens is 4. The number of anilines is 1. The van der Waals surface area contributed by atoms with E-state index in [-0.39, 0.29) is 12.5 Å². The number of nitrogens with one attached hydrogen (secondary N) is 3. The topological polar surface area (TPSA) is 95.6 Å². The van der Waals surface area contributed by atoms with Gasteiger partial charge < -0.3 is 15.6 Å². The fourth-order valence-corrected chi connectivity index (χ4v) is 4.36. The van der Waals surface area contributed by atoms with Gasteiger partial charge >= 0.3 is 0 Å². The van der Waals surface area contributed by atoms with Gasteiger partial charge in [0.25, 0.3) is 5.91 Å². The number of carbonyl (C=O) groups is 1. The summed E-state index contributed by atoms with van der Waals surface area (Å²) in [6.07, 6.45) is 7.00. The van der Waals surface area contributed by atoms with E-state index in [1.807, 2.05) is 18.3 Å². The summed E-state index contributed by atoms with van der Waals surface area (Å²) in [6, 6.07) is 10.7. The third-order valence-electron chi connectivity index (χ3n) is 5.15. The van der Waals surface area contributed by atoms with E-state index in [0.29, 0.717) is 23.5 Å². The van der Waals surface area contributed by atoms with E-state index in [4.69, 9.17) is 0 Å². The van der Waals surface area contributed by atoms with Crippen molar-refractivity contribution < 1.29 is 13.6 Å². The summed E-state index contributed by atoms with van der Waals surface area (Å²) in [5, 5.41) is 7.77. The van der Waals surface area contributed by atoms with Crippen LogP contribution in [0.5, 0.6) is 0 Å². The van der Waals surface area contributed by atoms with Gasteiger partial charge in [-0.05, 0) is 42.0 Å². The molecule has 3 N–H and O–H groups in total. The molecule has 10 heteroatoms. The van der Waals surface area contributed by atoms with Gasteiger partial charge in [-0.3, -0.25) is 4.79 Å². The number of hydrogen-bond donors (Lipinski definition) is 3. The maximum atomic E-state index is 13.4. The molecule has 0 bridgehead atoms. The maximum absolute atomic E-state index is 13.4. The highest BCUT2D eigenvalue weighted by Gasteiger charge is 2.14. The van der Waals surface area contributed by atoms with Crippen LogP contribution < -0.4 is 10.6 Å². The Hall–Kier alpha value is -4.18. The second-order valence-corrected chi connectivity index (χ2v) is 8.53. The molecule has 4 heterocycles. The van der Waals surface area contributed by atoms with Crippen LogP contribution in [0, 0.1) is 11.6 Å². The van der Waals surface area contributed by atoms with Gasteiger partial charge in [-0.15, -0.1) is 11.3 Å². The molecular weight excluding hydrogens is 458 g/mol. The first-order valence-electron chi connectivity index (χ1n) is 10.4. The minimum absolute atomic E-state index is 0.0576. The van der Waals surface area contributed by atoms with Crippen molar-refractivity contribution in [3.05, 3.63) is 94.9 Å². The Morgan fingerprint density at radius 2 is 1.85 bits per heavy atom. The second-order valence-electron chi connectivity index (χ2n) is 7.42. The van der Waals surface area contributed by atoms with Gasteiger partial charge in [-0.25, -0.2) is 23.7 Å². The molecule has 1 aromatic carbocycles. The van der Waals surface area contributed by atoms with E-state index in [9.17, 15) is 13.6 Å². The van der Waals surface area contributed by atoms with Crippen LogP contribution in [0.15, 0.2) is 67.3 Å². The number of thiazole rings is 1. The number of carbonyl (C=O) groups excluding carboxylic acids is 1. The van der Waals surface area contributed by atoms with Crippen molar-refractivity contribution in [2.45, 2.75) is 13.1 Å². The summed E-state index contributed by atoms with van der Waals surface area (Å²) >= 11 is 1.53. The number of benzene rings is 1. The van der Waals surface area contributed by atoms with Crippen molar-refractivity contribution in [1.82, 2.24) is 25.3 Å².